The Morgan fingerprint density at radius 3 is 2.43 bits per heavy atom. The van der Waals surface area contributed by atoms with Gasteiger partial charge in [0, 0.05) is 25.6 Å². The van der Waals surface area contributed by atoms with Gasteiger partial charge in [-0.1, -0.05) is 57.0 Å². The number of guanidine groups is 1. The summed E-state index contributed by atoms with van der Waals surface area (Å²) >= 11 is 0. The molecule has 1 aliphatic carbocycles. The highest BCUT2D eigenvalue weighted by atomic mass is 127. The summed E-state index contributed by atoms with van der Waals surface area (Å²) in [5.41, 5.74) is 1.44. The van der Waals surface area contributed by atoms with Crippen molar-refractivity contribution in [2.75, 3.05) is 20.1 Å². The fourth-order valence-corrected chi connectivity index (χ4v) is 2.32. The van der Waals surface area contributed by atoms with E-state index in [2.05, 4.69) is 59.8 Å². The van der Waals surface area contributed by atoms with Gasteiger partial charge in [-0.2, -0.15) is 0 Å². The molecule has 0 spiro atoms. The van der Waals surface area contributed by atoms with E-state index in [4.69, 9.17) is 0 Å². The number of halogens is 1. The van der Waals surface area contributed by atoms with Gasteiger partial charge in [0.25, 0.3) is 0 Å². The van der Waals surface area contributed by atoms with Crippen LogP contribution in [-0.2, 0) is 5.41 Å². The van der Waals surface area contributed by atoms with Gasteiger partial charge in [0.05, 0.1) is 0 Å². The maximum atomic E-state index is 4.30. The summed E-state index contributed by atoms with van der Waals surface area (Å²) in [6.45, 7) is 6.41. The fraction of sp³-hybridized carbons (Fsp3) is 0.588. The van der Waals surface area contributed by atoms with Gasteiger partial charge in [-0.15, -0.1) is 24.0 Å². The van der Waals surface area contributed by atoms with E-state index in [9.17, 15) is 0 Å². The second-order valence-electron chi connectivity index (χ2n) is 6.33. The van der Waals surface area contributed by atoms with Crippen molar-refractivity contribution in [3.05, 3.63) is 35.9 Å². The average molecular weight is 401 g/mol. The third-order valence-electron chi connectivity index (χ3n) is 4.02. The molecule has 0 atom stereocenters. The minimum absolute atomic E-state index is 0. The lowest BCUT2D eigenvalue weighted by Crippen LogP contribution is -2.43. The van der Waals surface area contributed by atoms with Crippen LogP contribution in [0.25, 0.3) is 0 Å². The molecule has 0 radical (unpaired) electrons. The molecule has 1 aromatic carbocycles. The van der Waals surface area contributed by atoms with Crippen molar-refractivity contribution < 1.29 is 0 Å². The molecule has 0 aromatic heterocycles. The first kappa shape index (κ1) is 18.3. The van der Waals surface area contributed by atoms with Crippen molar-refractivity contribution in [3.8, 4) is 0 Å². The molecule has 3 nitrogen and oxygen atoms in total. The molecular formula is C17H28IN3. The molecule has 0 heterocycles. The van der Waals surface area contributed by atoms with Crippen molar-refractivity contribution in [1.29, 1.82) is 0 Å². The Kier molecular flexibility index (Phi) is 7.49. The molecule has 0 aliphatic heterocycles. The number of nitrogens with one attached hydrogen (secondary N) is 2. The second-order valence-corrected chi connectivity index (χ2v) is 6.33. The van der Waals surface area contributed by atoms with Crippen LogP contribution < -0.4 is 10.6 Å². The summed E-state index contributed by atoms with van der Waals surface area (Å²) < 4.78 is 0. The van der Waals surface area contributed by atoms with Crippen LogP contribution in [0.5, 0.6) is 0 Å². The summed E-state index contributed by atoms with van der Waals surface area (Å²) in [6.07, 6.45) is 4.09. The maximum Gasteiger partial charge on any atom is 0.191 e. The Labute approximate surface area is 146 Å². The van der Waals surface area contributed by atoms with E-state index in [0.717, 1.165) is 25.0 Å². The molecule has 0 saturated heterocycles. The summed E-state index contributed by atoms with van der Waals surface area (Å²) in [7, 11) is 1.84. The molecule has 118 valence electrons. The largest absolute Gasteiger partial charge is 0.356 e. The zero-order chi connectivity index (χ0) is 14.4. The Morgan fingerprint density at radius 1 is 1.19 bits per heavy atom. The molecule has 1 fully saturated rings. The molecular weight excluding hydrogens is 373 g/mol. The number of benzene rings is 1. The minimum atomic E-state index is 0. The third-order valence-corrected chi connectivity index (χ3v) is 4.02. The number of hydrogen-bond donors (Lipinski definition) is 2. The lowest BCUT2D eigenvalue weighted by Gasteiger charge is -2.26. The van der Waals surface area contributed by atoms with Gasteiger partial charge in [0.2, 0.25) is 0 Å². The van der Waals surface area contributed by atoms with Gasteiger partial charge < -0.3 is 10.6 Å². The van der Waals surface area contributed by atoms with Crippen LogP contribution in [0.4, 0.5) is 0 Å². The topological polar surface area (TPSA) is 36.4 Å². The van der Waals surface area contributed by atoms with Crippen LogP contribution in [0.2, 0.25) is 0 Å². The van der Waals surface area contributed by atoms with E-state index < -0.39 is 0 Å². The van der Waals surface area contributed by atoms with Gasteiger partial charge in [-0.3, -0.25) is 4.99 Å². The SMILES string of the molecule is CN=C(NCCC1CC1)NCC(C)(C)c1ccccc1.I. The van der Waals surface area contributed by atoms with Crippen molar-refractivity contribution in [3.63, 3.8) is 0 Å². The predicted molar refractivity (Wildman–Crippen MR) is 102 cm³/mol. The van der Waals surface area contributed by atoms with Crippen LogP contribution in [0, 0.1) is 5.92 Å². The van der Waals surface area contributed by atoms with E-state index in [1.807, 2.05) is 7.05 Å². The van der Waals surface area contributed by atoms with Gasteiger partial charge >= 0.3 is 0 Å². The lowest BCUT2D eigenvalue weighted by molar-refractivity contribution is 0.508. The highest BCUT2D eigenvalue weighted by Gasteiger charge is 2.22. The molecule has 21 heavy (non-hydrogen) atoms. The molecule has 2 N–H and O–H groups in total. The van der Waals surface area contributed by atoms with Crippen molar-refractivity contribution in [1.82, 2.24) is 10.6 Å². The van der Waals surface area contributed by atoms with Crippen molar-refractivity contribution >= 4 is 29.9 Å². The summed E-state index contributed by atoms with van der Waals surface area (Å²) in [5.74, 6) is 1.87. The number of rotatable bonds is 6. The van der Waals surface area contributed by atoms with Crippen molar-refractivity contribution in [2.24, 2.45) is 10.9 Å². The summed E-state index contributed by atoms with van der Waals surface area (Å²) in [4.78, 5) is 4.30. The molecule has 4 heteroatoms. The first-order chi connectivity index (χ1) is 9.62. The average Bonchev–Trinajstić information content (AvgIpc) is 3.28. The van der Waals surface area contributed by atoms with E-state index >= 15 is 0 Å². The van der Waals surface area contributed by atoms with Gasteiger partial charge in [0.15, 0.2) is 5.96 Å². The van der Waals surface area contributed by atoms with Crippen LogP contribution in [0.15, 0.2) is 35.3 Å². The van der Waals surface area contributed by atoms with E-state index in [1.54, 1.807) is 0 Å². The van der Waals surface area contributed by atoms with Gasteiger partial charge in [-0.05, 0) is 17.9 Å². The van der Waals surface area contributed by atoms with Crippen LogP contribution in [-0.4, -0.2) is 26.1 Å². The monoisotopic (exact) mass is 401 g/mol. The Hall–Kier alpha value is -0.780. The number of hydrogen-bond acceptors (Lipinski definition) is 1. The first-order valence-corrected chi connectivity index (χ1v) is 7.62. The second kappa shape index (κ2) is 8.61. The van der Waals surface area contributed by atoms with Gasteiger partial charge in [-0.25, -0.2) is 0 Å². The highest BCUT2D eigenvalue weighted by molar-refractivity contribution is 14.0. The fourth-order valence-electron chi connectivity index (χ4n) is 2.32. The highest BCUT2D eigenvalue weighted by Crippen LogP contribution is 2.31. The van der Waals surface area contributed by atoms with Crippen LogP contribution >= 0.6 is 24.0 Å². The zero-order valence-corrected chi connectivity index (χ0v) is 15.7. The van der Waals surface area contributed by atoms with Crippen LogP contribution in [0.3, 0.4) is 0 Å². The normalized spacial score (nSPS) is 15.3. The molecule has 1 aromatic rings. The zero-order valence-electron chi connectivity index (χ0n) is 13.4. The Morgan fingerprint density at radius 2 is 1.86 bits per heavy atom. The van der Waals surface area contributed by atoms with E-state index in [-0.39, 0.29) is 29.4 Å². The molecule has 2 rings (SSSR count). The first-order valence-electron chi connectivity index (χ1n) is 7.62. The Balaban J connectivity index is 0.00000220. The van der Waals surface area contributed by atoms with Crippen molar-refractivity contribution in [2.45, 2.75) is 38.5 Å². The Bertz CT molecular complexity index is 439. The predicted octanol–water partition coefficient (Wildman–Crippen LogP) is 3.55. The van der Waals surface area contributed by atoms with E-state index in [1.165, 1.54) is 24.8 Å². The number of nitrogens with zero attached hydrogens (tertiary/aromatic N) is 1. The summed E-state index contributed by atoms with van der Waals surface area (Å²) in [6, 6.07) is 10.6. The molecule has 1 saturated carbocycles. The van der Waals surface area contributed by atoms with E-state index in [0.29, 0.717) is 0 Å². The lowest BCUT2D eigenvalue weighted by atomic mass is 9.85. The quantitative estimate of drug-likeness (QED) is 0.435. The van der Waals surface area contributed by atoms with Gasteiger partial charge in [0.1, 0.15) is 0 Å². The minimum Gasteiger partial charge on any atom is -0.356 e. The van der Waals surface area contributed by atoms with Crippen LogP contribution in [0.1, 0.15) is 38.7 Å². The summed E-state index contributed by atoms with van der Waals surface area (Å²) in [5, 5.41) is 6.84. The number of aliphatic imine (C=N–C) groups is 1. The molecule has 0 amide bonds. The molecule has 0 unspecified atom stereocenters. The standard InChI is InChI=1S/C17H27N3.HI/c1-17(2,15-7-5-4-6-8-15)13-20-16(18-3)19-12-11-14-9-10-14;/h4-8,14H,9-13H2,1-3H3,(H2,18,19,20);1H. The smallest absolute Gasteiger partial charge is 0.191 e. The molecule has 1 aliphatic rings. The third kappa shape index (κ3) is 6.24. The molecule has 0 bridgehead atoms. The maximum absolute atomic E-state index is 4.30.